The first-order valence-electron chi connectivity index (χ1n) is 5.13. The lowest BCUT2D eigenvalue weighted by molar-refractivity contribution is -0.275. The summed E-state index contributed by atoms with van der Waals surface area (Å²) in [5.74, 6) is -0.186. The number of hydrogen-bond donors (Lipinski definition) is 1. The molecule has 0 atom stereocenters. The number of rotatable bonds is 5. The summed E-state index contributed by atoms with van der Waals surface area (Å²) in [7, 11) is 1.70. The molecule has 0 aromatic heterocycles. The average Bonchev–Trinajstić information content (AvgIpc) is 2.21. The van der Waals surface area contributed by atoms with Gasteiger partial charge in [-0.2, -0.15) is 0 Å². The molecule has 6 heteroatoms. The van der Waals surface area contributed by atoms with Crippen LogP contribution in [0.15, 0.2) is 18.2 Å². The van der Waals surface area contributed by atoms with Crippen LogP contribution in [-0.2, 0) is 6.54 Å². The van der Waals surface area contributed by atoms with Crippen molar-refractivity contribution < 1.29 is 22.6 Å². The summed E-state index contributed by atoms with van der Waals surface area (Å²) in [5, 5.41) is 2.86. The molecule has 0 aliphatic rings. The van der Waals surface area contributed by atoms with E-state index in [1.54, 1.807) is 20.0 Å². The van der Waals surface area contributed by atoms with Crippen molar-refractivity contribution in [2.24, 2.45) is 0 Å². The molecule has 17 heavy (non-hydrogen) atoms. The van der Waals surface area contributed by atoms with Gasteiger partial charge in [-0.3, -0.25) is 0 Å². The van der Waals surface area contributed by atoms with Crippen molar-refractivity contribution >= 4 is 0 Å². The van der Waals surface area contributed by atoms with Gasteiger partial charge in [-0.1, -0.05) is 12.1 Å². The van der Waals surface area contributed by atoms with Crippen LogP contribution >= 0.6 is 0 Å². The average molecular weight is 249 g/mol. The molecule has 96 valence electrons. The third-order valence-electron chi connectivity index (χ3n) is 1.94. The van der Waals surface area contributed by atoms with E-state index in [9.17, 15) is 13.2 Å². The zero-order valence-corrected chi connectivity index (χ0v) is 9.60. The summed E-state index contributed by atoms with van der Waals surface area (Å²) in [6.07, 6.45) is -4.72. The summed E-state index contributed by atoms with van der Waals surface area (Å²) < 4.78 is 45.7. The molecule has 0 aliphatic heterocycles. The monoisotopic (exact) mass is 249 g/mol. The molecule has 0 bridgehead atoms. The Morgan fingerprint density at radius 1 is 1.29 bits per heavy atom. The first-order chi connectivity index (χ1) is 7.98. The van der Waals surface area contributed by atoms with Gasteiger partial charge in [0, 0.05) is 12.1 Å². The standard InChI is InChI=1S/C11H14F3NO2/c1-3-16-10-8(7-15-2)5-4-6-9(10)17-11(12,13)14/h4-6,15H,3,7H2,1-2H3. The molecule has 0 radical (unpaired) electrons. The van der Waals surface area contributed by atoms with Crippen LogP contribution in [-0.4, -0.2) is 20.0 Å². The number of para-hydroxylation sites is 1. The van der Waals surface area contributed by atoms with Crippen LogP contribution in [0.4, 0.5) is 13.2 Å². The molecular formula is C11H14F3NO2. The fraction of sp³-hybridized carbons (Fsp3) is 0.455. The Balaban J connectivity index is 3.05. The molecule has 0 aliphatic carbocycles. The van der Waals surface area contributed by atoms with Gasteiger partial charge in [-0.05, 0) is 20.0 Å². The molecule has 0 saturated carbocycles. The molecule has 0 unspecified atom stereocenters. The number of hydrogen-bond acceptors (Lipinski definition) is 3. The molecule has 3 nitrogen and oxygen atoms in total. The lowest BCUT2D eigenvalue weighted by atomic mass is 10.2. The number of ether oxygens (including phenoxy) is 2. The fourth-order valence-corrected chi connectivity index (χ4v) is 1.40. The van der Waals surface area contributed by atoms with Gasteiger partial charge >= 0.3 is 6.36 Å². The van der Waals surface area contributed by atoms with Crippen LogP contribution in [0.1, 0.15) is 12.5 Å². The van der Waals surface area contributed by atoms with Crippen molar-refractivity contribution in [3.05, 3.63) is 23.8 Å². The van der Waals surface area contributed by atoms with E-state index in [0.29, 0.717) is 12.1 Å². The Kier molecular flexibility index (Phi) is 4.62. The van der Waals surface area contributed by atoms with E-state index in [1.165, 1.54) is 12.1 Å². The smallest absolute Gasteiger partial charge is 0.490 e. The van der Waals surface area contributed by atoms with Crippen LogP contribution in [0.5, 0.6) is 11.5 Å². The van der Waals surface area contributed by atoms with Crippen LogP contribution in [0.25, 0.3) is 0 Å². The summed E-state index contributed by atoms with van der Waals surface area (Å²) in [4.78, 5) is 0. The molecule has 1 rings (SSSR count). The van der Waals surface area contributed by atoms with Crippen molar-refractivity contribution in [3.63, 3.8) is 0 Å². The van der Waals surface area contributed by atoms with Crippen LogP contribution in [0, 0.1) is 0 Å². The predicted molar refractivity (Wildman–Crippen MR) is 57.1 cm³/mol. The largest absolute Gasteiger partial charge is 0.573 e. The maximum atomic E-state index is 12.2. The zero-order valence-electron chi connectivity index (χ0n) is 9.60. The summed E-state index contributed by atoms with van der Waals surface area (Å²) in [6, 6.07) is 4.42. The second kappa shape index (κ2) is 5.77. The Bertz CT molecular complexity index is 366. The molecule has 0 saturated heterocycles. The fourth-order valence-electron chi connectivity index (χ4n) is 1.40. The van der Waals surface area contributed by atoms with Crippen molar-refractivity contribution in [1.82, 2.24) is 5.32 Å². The lowest BCUT2D eigenvalue weighted by Crippen LogP contribution is -2.18. The minimum atomic E-state index is -4.72. The van der Waals surface area contributed by atoms with E-state index < -0.39 is 6.36 Å². The molecule has 1 aromatic carbocycles. The minimum Gasteiger partial charge on any atom is -0.490 e. The number of alkyl halides is 3. The molecule has 1 N–H and O–H groups in total. The highest BCUT2D eigenvalue weighted by Crippen LogP contribution is 2.35. The predicted octanol–water partition coefficient (Wildman–Crippen LogP) is 2.70. The van der Waals surface area contributed by atoms with Crippen LogP contribution < -0.4 is 14.8 Å². The molecular weight excluding hydrogens is 235 g/mol. The van der Waals surface area contributed by atoms with Crippen molar-refractivity contribution in [2.45, 2.75) is 19.8 Å². The minimum absolute atomic E-state index is 0.127. The normalized spacial score (nSPS) is 11.4. The van der Waals surface area contributed by atoms with E-state index in [2.05, 4.69) is 10.1 Å². The highest BCUT2D eigenvalue weighted by atomic mass is 19.4. The summed E-state index contributed by atoms with van der Waals surface area (Å²) in [5.41, 5.74) is 0.621. The lowest BCUT2D eigenvalue weighted by Gasteiger charge is -2.16. The maximum absolute atomic E-state index is 12.2. The quantitative estimate of drug-likeness (QED) is 0.870. The van der Waals surface area contributed by atoms with Gasteiger partial charge in [0.15, 0.2) is 11.5 Å². The zero-order chi connectivity index (χ0) is 12.9. The van der Waals surface area contributed by atoms with E-state index >= 15 is 0 Å². The van der Waals surface area contributed by atoms with Gasteiger partial charge in [0.25, 0.3) is 0 Å². The van der Waals surface area contributed by atoms with Crippen molar-refractivity contribution in [1.29, 1.82) is 0 Å². The van der Waals surface area contributed by atoms with Gasteiger partial charge < -0.3 is 14.8 Å². The van der Waals surface area contributed by atoms with Gasteiger partial charge in [-0.25, -0.2) is 0 Å². The highest BCUT2D eigenvalue weighted by Gasteiger charge is 2.32. The van der Waals surface area contributed by atoms with Crippen molar-refractivity contribution in [2.75, 3.05) is 13.7 Å². The van der Waals surface area contributed by atoms with Gasteiger partial charge in [0.05, 0.1) is 6.61 Å². The van der Waals surface area contributed by atoms with Crippen LogP contribution in [0.3, 0.4) is 0 Å². The highest BCUT2D eigenvalue weighted by molar-refractivity contribution is 5.46. The SMILES string of the molecule is CCOc1c(CNC)cccc1OC(F)(F)F. The number of halogens is 3. The Morgan fingerprint density at radius 2 is 2.00 bits per heavy atom. The van der Waals surface area contributed by atoms with Crippen molar-refractivity contribution in [3.8, 4) is 11.5 Å². The van der Waals surface area contributed by atoms with E-state index in [0.717, 1.165) is 0 Å². The second-order valence-corrected chi connectivity index (χ2v) is 3.26. The molecule has 1 aromatic rings. The van der Waals surface area contributed by atoms with Gasteiger partial charge in [0.1, 0.15) is 0 Å². The molecule has 0 spiro atoms. The Labute approximate surface area is 97.5 Å². The van der Waals surface area contributed by atoms with E-state index in [4.69, 9.17) is 4.74 Å². The number of nitrogens with one attached hydrogen (secondary N) is 1. The molecule has 0 fully saturated rings. The third kappa shape index (κ3) is 4.14. The topological polar surface area (TPSA) is 30.5 Å². The first kappa shape index (κ1) is 13.6. The van der Waals surface area contributed by atoms with Gasteiger partial charge in [0.2, 0.25) is 0 Å². The molecule has 0 heterocycles. The maximum Gasteiger partial charge on any atom is 0.573 e. The first-order valence-corrected chi connectivity index (χ1v) is 5.13. The summed E-state index contributed by atoms with van der Waals surface area (Å²) >= 11 is 0. The summed E-state index contributed by atoms with van der Waals surface area (Å²) in [6.45, 7) is 2.38. The Hall–Kier alpha value is -1.43. The van der Waals surface area contributed by atoms with E-state index in [-0.39, 0.29) is 18.1 Å². The Morgan fingerprint density at radius 3 is 2.53 bits per heavy atom. The molecule has 0 amide bonds. The third-order valence-corrected chi connectivity index (χ3v) is 1.94. The van der Waals surface area contributed by atoms with E-state index in [1.807, 2.05) is 0 Å². The van der Waals surface area contributed by atoms with Crippen LogP contribution in [0.2, 0.25) is 0 Å². The van der Waals surface area contributed by atoms with Gasteiger partial charge in [-0.15, -0.1) is 13.2 Å². The second-order valence-electron chi connectivity index (χ2n) is 3.26. The number of benzene rings is 1.